The Morgan fingerprint density at radius 2 is 1.96 bits per heavy atom. The highest BCUT2D eigenvalue weighted by Gasteiger charge is 2.18. The summed E-state index contributed by atoms with van der Waals surface area (Å²) in [5, 5.41) is 6.48. The second kappa shape index (κ2) is 8.84. The first-order chi connectivity index (χ1) is 13.4. The summed E-state index contributed by atoms with van der Waals surface area (Å²) in [6, 6.07) is 9.21. The molecule has 0 bridgehead atoms. The van der Waals surface area contributed by atoms with E-state index in [1.807, 2.05) is 39.0 Å². The Morgan fingerprint density at radius 3 is 2.64 bits per heavy atom. The molecule has 2 N–H and O–H groups in total. The van der Waals surface area contributed by atoms with Gasteiger partial charge in [0, 0.05) is 35.8 Å². The Labute approximate surface area is 164 Å². The molecule has 1 aliphatic rings. The number of nitrogens with zero attached hydrogens (tertiary/aromatic N) is 2. The van der Waals surface area contributed by atoms with Gasteiger partial charge in [0.2, 0.25) is 0 Å². The Bertz CT molecular complexity index is 878. The van der Waals surface area contributed by atoms with Crippen molar-refractivity contribution in [3.63, 3.8) is 0 Å². The summed E-state index contributed by atoms with van der Waals surface area (Å²) in [6.07, 6.45) is 3.99. The molecule has 0 aliphatic carbocycles. The van der Waals surface area contributed by atoms with Crippen LogP contribution in [0.1, 0.15) is 35.4 Å². The molecule has 2 amide bonds. The third-order valence-corrected chi connectivity index (χ3v) is 4.91. The maximum absolute atomic E-state index is 11.9. The largest absolute Gasteiger partial charge is 0.376 e. The molecule has 7 nitrogen and oxygen atoms in total. The maximum Gasteiger partial charge on any atom is 0.329 e. The van der Waals surface area contributed by atoms with Crippen molar-refractivity contribution in [2.24, 2.45) is 5.10 Å². The third-order valence-electron chi connectivity index (χ3n) is 4.91. The zero-order chi connectivity index (χ0) is 20.1. The molecular weight excluding hydrogens is 356 g/mol. The van der Waals surface area contributed by atoms with Crippen LogP contribution in [-0.4, -0.2) is 35.3 Å². The normalized spacial score (nSPS) is 16.5. The standard InChI is InChI=1S/C21H26N4O3/c1-14-6-8-18(9-7-14)23-20(26)21(27)24-22-12-17-11-15(2)25(16(17)3)13-19-5-4-10-28-19/h6-9,11-12,19H,4-5,10,13H2,1-3H3,(H,23,26)(H,24,27)/b22-12-/t19-/m0/s1. The topological polar surface area (TPSA) is 84.7 Å². The summed E-state index contributed by atoms with van der Waals surface area (Å²) in [5.74, 6) is -1.57. The van der Waals surface area contributed by atoms with Crippen molar-refractivity contribution in [3.05, 3.63) is 52.8 Å². The summed E-state index contributed by atoms with van der Waals surface area (Å²) >= 11 is 0. The Kier molecular flexibility index (Phi) is 6.26. The van der Waals surface area contributed by atoms with Crippen LogP contribution in [0.3, 0.4) is 0 Å². The lowest BCUT2D eigenvalue weighted by atomic mass is 10.2. The van der Waals surface area contributed by atoms with E-state index in [2.05, 4.69) is 20.4 Å². The number of hydrazone groups is 1. The first-order valence-electron chi connectivity index (χ1n) is 9.43. The molecule has 148 valence electrons. The fourth-order valence-corrected chi connectivity index (χ4v) is 3.27. The molecule has 0 saturated carbocycles. The van der Waals surface area contributed by atoms with Gasteiger partial charge in [-0.15, -0.1) is 0 Å². The Morgan fingerprint density at radius 1 is 1.21 bits per heavy atom. The van der Waals surface area contributed by atoms with E-state index < -0.39 is 11.8 Å². The highest BCUT2D eigenvalue weighted by atomic mass is 16.5. The number of aryl methyl sites for hydroxylation is 2. The molecule has 0 spiro atoms. The lowest BCUT2D eigenvalue weighted by Crippen LogP contribution is -2.32. The zero-order valence-corrected chi connectivity index (χ0v) is 16.5. The van der Waals surface area contributed by atoms with Crippen LogP contribution < -0.4 is 10.7 Å². The van der Waals surface area contributed by atoms with Gasteiger partial charge in [-0.3, -0.25) is 9.59 Å². The number of nitrogens with one attached hydrogen (secondary N) is 2. The van der Waals surface area contributed by atoms with Crippen LogP contribution in [-0.2, 0) is 20.9 Å². The molecular formula is C21H26N4O3. The molecule has 2 aromatic rings. The van der Waals surface area contributed by atoms with Gasteiger partial charge in [0.25, 0.3) is 0 Å². The van der Waals surface area contributed by atoms with Crippen molar-refractivity contribution in [3.8, 4) is 0 Å². The molecule has 0 unspecified atom stereocenters. The van der Waals surface area contributed by atoms with Gasteiger partial charge in [-0.2, -0.15) is 5.10 Å². The monoisotopic (exact) mass is 382 g/mol. The Hall–Kier alpha value is -2.93. The van der Waals surface area contributed by atoms with Crippen LogP contribution in [0.5, 0.6) is 0 Å². The van der Waals surface area contributed by atoms with E-state index in [4.69, 9.17) is 4.74 Å². The number of aromatic nitrogens is 1. The number of carbonyl (C=O) groups is 2. The molecule has 1 aromatic carbocycles. The zero-order valence-electron chi connectivity index (χ0n) is 16.5. The highest BCUT2D eigenvalue weighted by Crippen LogP contribution is 2.19. The minimum absolute atomic E-state index is 0.250. The van der Waals surface area contributed by atoms with Crippen molar-refractivity contribution >= 4 is 23.7 Å². The molecule has 3 rings (SSSR count). The second-order valence-corrected chi connectivity index (χ2v) is 7.09. The molecule has 0 radical (unpaired) electrons. The summed E-state index contributed by atoms with van der Waals surface area (Å²) < 4.78 is 7.91. The van der Waals surface area contributed by atoms with E-state index >= 15 is 0 Å². The number of rotatable bonds is 5. The van der Waals surface area contributed by atoms with Crippen molar-refractivity contribution in [2.45, 2.75) is 46.3 Å². The first kappa shape index (κ1) is 19.8. The van der Waals surface area contributed by atoms with Gasteiger partial charge >= 0.3 is 11.8 Å². The molecule has 1 atom stereocenters. The van der Waals surface area contributed by atoms with E-state index in [1.54, 1.807) is 18.3 Å². The van der Waals surface area contributed by atoms with Gasteiger partial charge < -0.3 is 14.6 Å². The van der Waals surface area contributed by atoms with Gasteiger partial charge in [0.15, 0.2) is 0 Å². The van der Waals surface area contributed by atoms with Gasteiger partial charge in [0.1, 0.15) is 0 Å². The number of hydrogen-bond acceptors (Lipinski definition) is 4. The van der Waals surface area contributed by atoms with E-state index in [1.165, 1.54) is 0 Å². The van der Waals surface area contributed by atoms with Crippen LogP contribution in [0, 0.1) is 20.8 Å². The molecule has 1 aliphatic heterocycles. The lowest BCUT2D eigenvalue weighted by Gasteiger charge is -2.14. The number of carbonyl (C=O) groups excluding carboxylic acids is 2. The highest BCUT2D eigenvalue weighted by molar-refractivity contribution is 6.39. The number of ether oxygens (including phenoxy) is 1. The maximum atomic E-state index is 11.9. The summed E-state index contributed by atoms with van der Waals surface area (Å²) in [7, 11) is 0. The van der Waals surface area contributed by atoms with Crippen LogP contribution in [0.25, 0.3) is 0 Å². The average Bonchev–Trinajstić information content (AvgIpc) is 3.27. The predicted octanol–water partition coefficient (Wildman–Crippen LogP) is 2.68. The Balaban J connectivity index is 1.56. The number of anilines is 1. The quantitative estimate of drug-likeness (QED) is 0.474. The number of amides is 2. The fraction of sp³-hybridized carbons (Fsp3) is 0.381. The third kappa shape index (κ3) is 4.86. The van der Waals surface area contributed by atoms with Crippen LogP contribution >= 0.6 is 0 Å². The summed E-state index contributed by atoms with van der Waals surface area (Å²) in [5.41, 5.74) is 6.97. The summed E-state index contributed by atoms with van der Waals surface area (Å²) in [6.45, 7) is 7.64. The van der Waals surface area contributed by atoms with Crippen LogP contribution in [0.2, 0.25) is 0 Å². The van der Waals surface area contributed by atoms with Crippen molar-refractivity contribution in [1.29, 1.82) is 0 Å². The van der Waals surface area contributed by atoms with E-state index in [9.17, 15) is 9.59 Å². The number of hydrogen-bond donors (Lipinski definition) is 2. The molecule has 28 heavy (non-hydrogen) atoms. The van der Waals surface area contributed by atoms with Crippen molar-refractivity contribution in [1.82, 2.24) is 9.99 Å². The molecule has 1 aromatic heterocycles. The van der Waals surface area contributed by atoms with Crippen molar-refractivity contribution in [2.75, 3.05) is 11.9 Å². The van der Waals surface area contributed by atoms with Crippen molar-refractivity contribution < 1.29 is 14.3 Å². The van der Waals surface area contributed by atoms with E-state index in [0.29, 0.717) is 5.69 Å². The summed E-state index contributed by atoms with van der Waals surface area (Å²) in [4.78, 5) is 23.9. The van der Waals surface area contributed by atoms with Gasteiger partial charge in [-0.25, -0.2) is 5.43 Å². The minimum Gasteiger partial charge on any atom is -0.376 e. The first-order valence-corrected chi connectivity index (χ1v) is 9.43. The van der Waals surface area contributed by atoms with Crippen LogP contribution in [0.15, 0.2) is 35.4 Å². The predicted molar refractivity (Wildman–Crippen MR) is 108 cm³/mol. The second-order valence-electron chi connectivity index (χ2n) is 7.09. The molecule has 2 heterocycles. The smallest absolute Gasteiger partial charge is 0.329 e. The fourth-order valence-electron chi connectivity index (χ4n) is 3.27. The molecule has 1 fully saturated rings. The molecule has 1 saturated heterocycles. The van der Waals surface area contributed by atoms with Gasteiger partial charge in [-0.1, -0.05) is 17.7 Å². The minimum atomic E-state index is -0.815. The van der Waals surface area contributed by atoms with E-state index in [0.717, 1.165) is 48.5 Å². The SMILES string of the molecule is Cc1ccc(NC(=O)C(=O)N/N=C\c2cc(C)n(C[C@@H]3CCCO3)c2C)cc1. The molecule has 7 heteroatoms. The van der Waals surface area contributed by atoms with Gasteiger partial charge in [-0.05, 0) is 51.8 Å². The number of benzene rings is 1. The average molecular weight is 382 g/mol. The lowest BCUT2D eigenvalue weighted by molar-refractivity contribution is -0.136. The van der Waals surface area contributed by atoms with Gasteiger partial charge in [0.05, 0.1) is 12.3 Å². The van der Waals surface area contributed by atoms with E-state index in [-0.39, 0.29) is 6.10 Å². The van der Waals surface area contributed by atoms with Crippen LogP contribution in [0.4, 0.5) is 5.69 Å².